The van der Waals surface area contributed by atoms with E-state index in [1.807, 2.05) is 4.90 Å². The molecule has 0 spiro atoms. The number of thiophene rings is 1. The van der Waals surface area contributed by atoms with Gasteiger partial charge in [0.05, 0.1) is 4.88 Å². The van der Waals surface area contributed by atoms with Gasteiger partial charge in [0, 0.05) is 37.6 Å². The summed E-state index contributed by atoms with van der Waals surface area (Å²) >= 11 is 1.68. The number of carbonyl (C=O) groups is 1. The van der Waals surface area contributed by atoms with Gasteiger partial charge in [-0.15, -0.1) is 11.3 Å². The molecule has 28 heavy (non-hydrogen) atoms. The van der Waals surface area contributed by atoms with Crippen molar-refractivity contribution in [1.29, 1.82) is 0 Å². The van der Waals surface area contributed by atoms with Gasteiger partial charge < -0.3 is 4.90 Å². The Bertz CT molecular complexity index is 987. The molecular weight excluding hydrogens is 364 g/mol. The molecule has 1 fully saturated rings. The number of aryl methyl sites for hydroxylation is 2. The van der Waals surface area contributed by atoms with E-state index in [9.17, 15) is 4.79 Å². The summed E-state index contributed by atoms with van der Waals surface area (Å²) in [6, 6.07) is 21.3. The fourth-order valence-corrected chi connectivity index (χ4v) is 5.52. The van der Waals surface area contributed by atoms with E-state index >= 15 is 0 Å². The summed E-state index contributed by atoms with van der Waals surface area (Å²) in [7, 11) is 0. The summed E-state index contributed by atoms with van der Waals surface area (Å²) in [4.78, 5) is 19.8. The summed E-state index contributed by atoms with van der Waals surface area (Å²) < 4.78 is 0. The van der Waals surface area contributed by atoms with E-state index < -0.39 is 0 Å². The maximum absolute atomic E-state index is 13.1. The van der Waals surface area contributed by atoms with Crippen molar-refractivity contribution in [2.24, 2.45) is 0 Å². The van der Waals surface area contributed by atoms with E-state index in [0.29, 0.717) is 0 Å². The number of piperazine rings is 1. The third-order valence-corrected chi connectivity index (χ3v) is 7.05. The van der Waals surface area contributed by atoms with Crippen LogP contribution < -0.4 is 0 Å². The van der Waals surface area contributed by atoms with Crippen molar-refractivity contribution in [3.63, 3.8) is 0 Å². The lowest BCUT2D eigenvalue weighted by atomic mass is 9.91. The third-order valence-electron chi connectivity index (χ3n) is 5.85. The van der Waals surface area contributed by atoms with Crippen LogP contribution in [0.2, 0.25) is 0 Å². The Balaban J connectivity index is 1.27. The molecule has 1 aliphatic carbocycles. The zero-order valence-corrected chi connectivity index (χ0v) is 16.8. The molecule has 1 amide bonds. The normalized spacial score (nSPS) is 16.5. The molecule has 142 valence electrons. The van der Waals surface area contributed by atoms with Gasteiger partial charge in [0.2, 0.25) is 0 Å². The Labute approximate surface area is 170 Å². The van der Waals surface area contributed by atoms with Gasteiger partial charge in [0.1, 0.15) is 0 Å². The second kappa shape index (κ2) is 7.53. The zero-order chi connectivity index (χ0) is 18.9. The highest BCUT2D eigenvalue weighted by atomic mass is 32.1. The van der Waals surface area contributed by atoms with Gasteiger partial charge >= 0.3 is 0 Å². The molecular formula is C24H24N2OS. The molecule has 1 aromatic heterocycles. The lowest BCUT2D eigenvalue weighted by Crippen LogP contribution is -2.48. The van der Waals surface area contributed by atoms with E-state index in [2.05, 4.69) is 65.6 Å². The van der Waals surface area contributed by atoms with Crippen molar-refractivity contribution in [1.82, 2.24) is 9.80 Å². The van der Waals surface area contributed by atoms with Crippen molar-refractivity contribution in [2.75, 3.05) is 26.2 Å². The first-order valence-electron chi connectivity index (χ1n) is 10.0. The topological polar surface area (TPSA) is 23.6 Å². The van der Waals surface area contributed by atoms with E-state index in [0.717, 1.165) is 50.4 Å². The highest BCUT2D eigenvalue weighted by molar-refractivity contribution is 7.17. The summed E-state index contributed by atoms with van der Waals surface area (Å²) in [5.41, 5.74) is 5.41. The van der Waals surface area contributed by atoms with Crippen molar-refractivity contribution >= 4 is 17.2 Å². The number of nitrogens with zero attached hydrogens (tertiary/aromatic N) is 2. The summed E-state index contributed by atoms with van der Waals surface area (Å²) in [5, 5.41) is 0. The maximum Gasteiger partial charge on any atom is 0.264 e. The Morgan fingerprint density at radius 2 is 1.57 bits per heavy atom. The molecule has 3 nitrogen and oxygen atoms in total. The molecule has 2 aliphatic rings. The molecule has 0 unspecified atom stereocenters. The molecule has 4 heteroatoms. The van der Waals surface area contributed by atoms with Crippen LogP contribution in [-0.4, -0.2) is 41.9 Å². The fraction of sp³-hybridized carbons (Fsp3) is 0.292. The Morgan fingerprint density at radius 3 is 2.39 bits per heavy atom. The second-order valence-corrected chi connectivity index (χ2v) is 8.73. The summed E-state index contributed by atoms with van der Waals surface area (Å²) in [6.07, 6.45) is 2.12. The second-order valence-electron chi connectivity index (χ2n) is 7.68. The molecule has 1 aliphatic heterocycles. The number of benzene rings is 2. The highest BCUT2D eigenvalue weighted by Crippen LogP contribution is 2.39. The van der Waals surface area contributed by atoms with E-state index in [-0.39, 0.29) is 5.91 Å². The van der Waals surface area contributed by atoms with Crippen LogP contribution in [0.5, 0.6) is 0 Å². The molecule has 2 heterocycles. The van der Waals surface area contributed by atoms with Crippen LogP contribution in [-0.2, 0) is 19.4 Å². The minimum Gasteiger partial charge on any atom is -0.335 e. The average molecular weight is 389 g/mol. The average Bonchev–Trinajstić information content (AvgIpc) is 3.19. The van der Waals surface area contributed by atoms with E-state index in [4.69, 9.17) is 0 Å². The fourth-order valence-electron chi connectivity index (χ4n) is 4.28. The molecule has 0 atom stereocenters. The number of carbonyl (C=O) groups excluding carboxylic acids is 1. The Morgan fingerprint density at radius 1 is 0.857 bits per heavy atom. The summed E-state index contributed by atoms with van der Waals surface area (Å²) in [5.74, 6) is 0.205. The lowest BCUT2D eigenvalue weighted by molar-refractivity contribution is 0.0633. The van der Waals surface area contributed by atoms with E-state index in [1.54, 1.807) is 11.3 Å². The van der Waals surface area contributed by atoms with E-state index in [1.165, 1.54) is 27.1 Å². The lowest BCUT2D eigenvalue weighted by Gasteiger charge is -2.34. The molecule has 5 rings (SSSR count). The first-order chi connectivity index (χ1) is 13.8. The first kappa shape index (κ1) is 17.7. The van der Waals surface area contributed by atoms with Gasteiger partial charge in [-0.05, 0) is 41.2 Å². The van der Waals surface area contributed by atoms with Gasteiger partial charge in [-0.2, -0.15) is 0 Å². The molecule has 2 aromatic carbocycles. The molecule has 1 saturated heterocycles. The molecule has 0 saturated carbocycles. The molecule has 0 N–H and O–H groups in total. The SMILES string of the molecule is O=C(c1cc2c(s1)-c1ccccc1CC2)N1CCN(Cc2ccccc2)CC1. The van der Waals surface area contributed by atoms with Crippen molar-refractivity contribution < 1.29 is 4.79 Å². The summed E-state index contributed by atoms with van der Waals surface area (Å²) in [6.45, 7) is 4.46. The van der Waals surface area contributed by atoms with Crippen LogP contribution in [0.4, 0.5) is 0 Å². The number of hydrogen-bond acceptors (Lipinski definition) is 3. The van der Waals surface area contributed by atoms with Crippen LogP contribution >= 0.6 is 11.3 Å². The number of fused-ring (bicyclic) bond motifs is 3. The quantitative estimate of drug-likeness (QED) is 0.661. The molecule has 0 radical (unpaired) electrons. The van der Waals surface area contributed by atoms with Gasteiger partial charge in [0.25, 0.3) is 5.91 Å². The van der Waals surface area contributed by atoms with Crippen molar-refractivity contribution in [2.45, 2.75) is 19.4 Å². The van der Waals surface area contributed by atoms with Crippen molar-refractivity contribution in [3.05, 3.63) is 82.2 Å². The van der Waals surface area contributed by atoms with Crippen LogP contribution in [0.1, 0.15) is 26.4 Å². The van der Waals surface area contributed by atoms with Gasteiger partial charge in [-0.25, -0.2) is 0 Å². The monoisotopic (exact) mass is 388 g/mol. The van der Waals surface area contributed by atoms with Gasteiger partial charge in [-0.3, -0.25) is 9.69 Å². The van der Waals surface area contributed by atoms with Gasteiger partial charge in [-0.1, -0.05) is 54.6 Å². The smallest absolute Gasteiger partial charge is 0.264 e. The predicted molar refractivity (Wildman–Crippen MR) is 115 cm³/mol. The zero-order valence-electron chi connectivity index (χ0n) is 15.9. The van der Waals surface area contributed by atoms with Crippen LogP contribution in [0.3, 0.4) is 0 Å². The maximum atomic E-state index is 13.1. The van der Waals surface area contributed by atoms with Crippen LogP contribution in [0.25, 0.3) is 10.4 Å². The Hall–Kier alpha value is -2.43. The minimum absolute atomic E-state index is 0.205. The van der Waals surface area contributed by atoms with Crippen LogP contribution in [0.15, 0.2) is 60.7 Å². The standard InChI is InChI=1S/C24H24N2OS/c27-24(26-14-12-25(13-15-26)17-18-6-2-1-3-7-18)22-16-20-11-10-19-8-4-5-9-21(19)23(20)28-22/h1-9,16H,10-15,17H2. The Kier molecular flexibility index (Phi) is 4.75. The van der Waals surface area contributed by atoms with Crippen molar-refractivity contribution in [3.8, 4) is 10.4 Å². The van der Waals surface area contributed by atoms with Crippen LogP contribution in [0, 0.1) is 0 Å². The first-order valence-corrected chi connectivity index (χ1v) is 10.9. The number of hydrogen-bond donors (Lipinski definition) is 0. The minimum atomic E-state index is 0.205. The largest absolute Gasteiger partial charge is 0.335 e. The predicted octanol–water partition coefficient (Wildman–Crippen LogP) is 4.47. The third kappa shape index (κ3) is 3.38. The molecule has 0 bridgehead atoms. The highest BCUT2D eigenvalue weighted by Gasteiger charge is 2.26. The molecule has 3 aromatic rings. The van der Waals surface area contributed by atoms with Gasteiger partial charge in [0.15, 0.2) is 0 Å². The number of amides is 1. The number of rotatable bonds is 3.